The van der Waals surface area contributed by atoms with Crippen LogP contribution in [0.2, 0.25) is 0 Å². The SMILES string of the molecule is COc1ccccc1S(=O)(=O)Nc1noc2c1CC1(CC1)c1ccc(N3CCCC3=O)cc1-2. The van der Waals surface area contributed by atoms with Crippen LogP contribution >= 0.6 is 0 Å². The zero-order valence-corrected chi connectivity index (χ0v) is 18.9. The number of carbonyl (C=O) groups excluding carboxylic acids is 1. The normalized spacial score (nSPS) is 18.2. The molecule has 1 spiro atoms. The molecule has 1 N–H and O–H groups in total. The Kier molecular flexibility index (Phi) is 4.35. The minimum atomic E-state index is -3.93. The number of hydrogen-bond acceptors (Lipinski definition) is 6. The zero-order valence-electron chi connectivity index (χ0n) is 18.1. The van der Waals surface area contributed by atoms with Crippen LogP contribution in [-0.2, 0) is 26.7 Å². The van der Waals surface area contributed by atoms with Crippen molar-refractivity contribution in [1.29, 1.82) is 0 Å². The second-order valence-electron chi connectivity index (χ2n) is 8.93. The van der Waals surface area contributed by atoms with Crippen LogP contribution < -0.4 is 14.4 Å². The van der Waals surface area contributed by atoms with E-state index in [1.165, 1.54) is 18.7 Å². The van der Waals surface area contributed by atoms with E-state index in [0.29, 0.717) is 25.1 Å². The van der Waals surface area contributed by atoms with Crippen molar-refractivity contribution in [3.05, 3.63) is 53.6 Å². The van der Waals surface area contributed by atoms with Gasteiger partial charge in [0.15, 0.2) is 11.6 Å². The molecule has 1 amide bonds. The molecule has 1 saturated heterocycles. The number of ether oxygens (including phenoxy) is 1. The van der Waals surface area contributed by atoms with Gasteiger partial charge in [-0.15, -0.1) is 0 Å². The fraction of sp³-hybridized carbons (Fsp3) is 0.333. The summed E-state index contributed by atoms with van der Waals surface area (Å²) < 4.78 is 39.8. The van der Waals surface area contributed by atoms with Crippen LogP contribution in [0.5, 0.6) is 5.75 Å². The van der Waals surface area contributed by atoms with E-state index in [1.807, 2.05) is 12.1 Å². The molecule has 3 aliphatic rings. The Morgan fingerprint density at radius 2 is 2.00 bits per heavy atom. The lowest BCUT2D eigenvalue weighted by molar-refractivity contribution is -0.117. The number of rotatable bonds is 5. The Morgan fingerprint density at radius 3 is 2.73 bits per heavy atom. The van der Waals surface area contributed by atoms with Gasteiger partial charge in [-0.25, -0.2) is 8.42 Å². The molecular formula is C24H23N3O5S. The molecule has 0 atom stereocenters. The maximum Gasteiger partial charge on any atom is 0.266 e. The summed E-state index contributed by atoms with van der Waals surface area (Å²) in [6.45, 7) is 0.704. The van der Waals surface area contributed by atoms with Crippen LogP contribution in [0, 0.1) is 0 Å². The molecular weight excluding hydrogens is 442 g/mol. The molecule has 2 aliphatic carbocycles. The van der Waals surface area contributed by atoms with Gasteiger partial charge in [0.1, 0.15) is 10.6 Å². The fourth-order valence-electron chi connectivity index (χ4n) is 5.09. The van der Waals surface area contributed by atoms with E-state index in [9.17, 15) is 13.2 Å². The largest absolute Gasteiger partial charge is 0.495 e. The monoisotopic (exact) mass is 465 g/mol. The van der Waals surface area contributed by atoms with Crippen LogP contribution in [-0.4, -0.2) is 33.1 Å². The summed E-state index contributed by atoms with van der Waals surface area (Å²) in [5.74, 6) is 1.14. The van der Waals surface area contributed by atoms with Crippen molar-refractivity contribution >= 4 is 27.4 Å². The number of sulfonamides is 1. The number of methoxy groups -OCH3 is 1. The van der Waals surface area contributed by atoms with Crippen LogP contribution in [0.4, 0.5) is 11.5 Å². The number of carbonyl (C=O) groups is 1. The van der Waals surface area contributed by atoms with Gasteiger partial charge in [-0.1, -0.05) is 23.4 Å². The maximum atomic E-state index is 13.1. The first-order valence-electron chi connectivity index (χ1n) is 11.0. The summed E-state index contributed by atoms with van der Waals surface area (Å²) >= 11 is 0. The van der Waals surface area contributed by atoms with Gasteiger partial charge >= 0.3 is 0 Å². The second kappa shape index (κ2) is 7.08. The summed E-state index contributed by atoms with van der Waals surface area (Å²) in [5, 5.41) is 4.11. The first-order valence-corrected chi connectivity index (χ1v) is 12.5. The molecule has 3 aromatic rings. The maximum absolute atomic E-state index is 13.1. The molecule has 2 heterocycles. The van der Waals surface area contributed by atoms with Gasteiger partial charge in [0, 0.05) is 35.2 Å². The topological polar surface area (TPSA) is 102 Å². The van der Waals surface area contributed by atoms with Crippen molar-refractivity contribution in [3.63, 3.8) is 0 Å². The minimum absolute atomic E-state index is 0.0357. The van der Waals surface area contributed by atoms with Gasteiger partial charge in [-0.2, -0.15) is 0 Å². The number of hydrogen-bond donors (Lipinski definition) is 1. The van der Waals surface area contributed by atoms with Crippen molar-refractivity contribution < 1.29 is 22.5 Å². The first kappa shape index (κ1) is 20.3. The molecule has 9 heteroatoms. The van der Waals surface area contributed by atoms with Crippen molar-refractivity contribution in [2.75, 3.05) is 23.3 Å². The summed E-state index contributed by atoms with van der Waals surface area (Å²) in [6.07, 6.45) is 4.10. The van der Waals surface area contributed by atoms with Gasteiger partial charge in [-0.3, -0.25) is 9.52 Å². The van der Waals surface area contributed by atoms with Crippen LogP contribution in [0.15, 0.2) is 51.9 Å². The fourth-order valence-corrected chi connectivity index (χ4v) is 6.29. The summed E-state index contributed by atoms with van der Waals surface area (Å²) in [7, 11) is -2.50. The van der Waals surface area contributed by atoms with E-state index >= 15 is 0 Å². The van der Waals surface area contributed by atoms with E-state index in [0.717, 1.165) is 36.1 Å². The summed E-state index contributed by atoms with van der Waals surface area (Å²) in [4.78, 5) is 14.1. The number of amides is 1. The number of benzene rings is 2. The number of anilines is 2. The molecule has 1 saturated carbocycles. The standard InChI is InChI=1S/C24H23N3O5S/c1-31-19-5-2-3-6-20(19)33(29,30)26-23-17-14-24(10-11-24)18-9-8-15(27-12-4-7-21(27)28)13-16(18)22(17)32-25-23/h2-3,5-6,8-9,13H,4,7,10-12,14H2,1H3,(H,25,26). The van der Waals surface area contributed by atoms with Crippen molar-refractivity contribution in [2.24, 2.45) is 0 Å². The highest BCUT2D eigenvalue weighted by Crippen LogP contribution is 2.58. The molecule has 1 aliphatic heterocycles. The minimum Gasteiger partial charge on any atom is -0.495 e. The molecule has 0 bridgehead atoms. The van der Waals surface area contributed by atoms with Crippen LogP contribution in [0.3, 0.4) is 0 Å². The lowest BCUT2D eigenvalue weighted by Gasteiger charge is -2.26. The number of aromatic nitrogens is 1. The molecule has 2 aromatic carbocycles. The van der Waals surface area contributed by atoms with Crippen molar-refractivity contribution in [1.82, 2.24) is 5.16 Å². The third-order valence-corrected chi connectivity index (χ3v) is 8.33. The van der Waals surface area contributed by atoms with Gasteiger partial charge in [0.25, 0.3) is 10.0 Å². The predicted molar refractivity (Wildman–Crippen MR) is 122 cm³/mol. The van der Waals surface area contributed by atoms with Crippen molar-refractivity contribution in [3.8, 4) is 17.1 Å². The highest BCUT2D eigenvalue weighted by molar-refractivity contribution is 7.92. The highest BCUT2D eigenvalue weighted by atomic mass is 32.2. The molecule has 33 heavy (non-hydrogen) atoms. The average molecular weight is 466 g/mol. The average Bonchev–Trinajstić information content (AvgIpc) is 3.28. The van der Waals surface area contributed by atoms with E-state index in [-0.39, 0.29) is 27.8 Å². The molecule has 0 unspecified atom stereocenters. The first-order chi connectivity index (χ1) is 15.9. The molecule has 8 nitrogen and oxygen atoms in total. The molecule has 2 fully saturated rings. The molecule has 1 aromatic heterocycles. The lowest BCUT2D eigenvalue weighted by atomic mass is 9.79. The third-order valence-electron chi connectivity index (χ3n) is 6.95. The van der Waals surface area contributed by atoms with Gasteiger partial charge < -0.3 is 14.2 Å². The quantitative estimate of drug-likeness (QED) is 0.614. The smallest absolute Gasteiger partial charge is 0.266 e. The molecule has 0 radical (unpaired) electrons. The Bertz CT molecular complexity index is 1390. The number of nitrogens with zero attached hydrogens (tertiary/aromatic N) is 2. The van der Waals surface area contributed by atoms with E-state index in [4.69, 9.17) is 9.26 Å². The van der Waals surface area contributed by atoms with Crippen molar-refractivity contribution in [2.45, 2.75) is 42.4 Å². The third kappa shape index (κ3) is 3.13. The van der Waals surface area contributed by atoms with E-state index < -0.39 is 10.0 Å². The van der Waals surface area contributed by atoms with E-state index in [1.54, 1.807) is 23.1 Å². The molecule has 6 rings (SSSR count). The lowest BCUT2D eigenvalue weighted by Crippen LogP contribution is -2.25. The number of para-hydroxylation sites is 1. The van der Waals surface area contributed by atoms with Gasteiger partial charge in [0.2, 0.25) is 5.91 Å². The second-order valence-corrected chi connectivity index (χ2v) is 10.6. The Balaban J connectivity index is 1.41. The number of nitrogens with one attached hydrogen (secondary N) is 1. The van der Waals surface area contributed by atoms with Crippen LogP contribution in [0.25, 0.3) is 11.3 Å². The van der Waals surface area contributed by atoms with Gasteiger partial charge in [0.05, 0.1) is 7.11 Å². The Labute approximate surface area is 191 Å². The highest BCUT2D eigenvalue weighted by Gasteiger charge is 2.50. The Morgan fingerprint density at radius 1 is 1.18 bits per heavy atom. The summed E-state index contributed by atoms with van der Waals surface area (Å²) in [5.41, 5.74) is 3.63. The Hall–Kier alpha value is -3.33. The summed E-state index contributed by atoms with van der Waals surface area (Å²) in [6, 6.07) is 12.5. The zero-order chi connectivity index (χ0) is 22.8. The van der Waals surface area contributed by atoms with Gasteiger partial charge in [-0.05, 0) is 55.5 Å². The molecule has 170 valence electrons. The van der Waals surface area contributed by atoms with Crippen LogP contribution in [0.1, 0.15) is 36.8 Å². The van der Waals surface area contributed by atoms with E-state index in [2.05, 4.69) is 15.9 Å². The number of fused-ring (bicyclic) bond motifs is 4. The predicted octanol–water partition coefficient (Wildman–Crippen LogP) is 3.87.